The zero-order valence-corrected chi connectivity index (χ0v) is 23.3. The van der Waals surface area contributed by atoms with Crippen LogP contribution in [0, 0.1) is 0 Å². The molecule has 37 heavy (non-hydrogen) atoms. The molecule has 0 saturated carbocycles. The smallest absolute Gasteiger partial charge is 0.320 e. The van der Waals surface area contributed by atoms with Crippen molar-refractivity contribution in [3.05, 3.63) is 0 Å². The molecule has 1 saturated heterocycles. The summed E-state index contributed by atoms with van der Waals surface area (Å²) in [4.78, 5) is 55.1. The number of hydrogen-bond donors (Lipinski definition) is 2. The molecule has 0 unspecified atom stereocenters. The highest BCUT2D eigenvalue weighted by atomic mass is 16.6. The maximum absolute atomic E-state index is 12.5. The Morgan fingerprint density at radius 1 is 0.568 bits per heavy atom. The van der Waals surface area contributed by atoms with Crippen molar-refractivity contribution < 1.29 is 38.9 Å². The number of carbonyl (C=O) groups excluding carboxylic acids is 2. The minimum absolute atomic E-state index is 0.0588. The van der Waals surface area contributed by atoms with Crippen LogP contribution in [0.2, 0.25) is 0 Å². The summed E-state index contributed by atoms with van der Waals surface area (Å²) in [6, 6.07) is 0. The average molecular weight is 531 g/mol. The second-order valence-corrected chi connectivity index (χ2v) is 11.4. The SMILES string of the molecule is CC(C)(C)OC(=O)CCN1CCN(CC(=O)O)CCN(CC(=O)O)CCN(CC(=O)OC(C)(C)C)CC1. The van der Waals surface area contributed by atoms with Gasteiger partial charge in [-0.1, -0.05) is 0 Å². The van der Waals surface area contributed by atoms with Crippen LogP contribution < -0.4 is 0 Å². The molecule has 1 rings (SSSR count). The lowest BCUT2D eigenvalue weighted by Gasteiger charge is -2.33. The van der Waals surface area contributed by atoms with E-state index in [1.165, 1.54) is 0 Å². The van der Waals surface area contributed by atoms with E-state index < -0.39 is 23.1 Å². The number of nitrogens with zero attached hydrogens (tertiary/aromatic N) is 4. The van der Waals surface area contributed by atoms with E-state index in [4.69, 9.17) is 9.47 Å². The molecule has 0 atom stereocenters. The van der Waals surface area contributed by atoms with Crippen molar-refractivity contribution in [3.8, 4) is 0 Å². The van der Waals surface area contributed by atoms with Gasteiger partial charge in [0.2, 0.25) is 0 Å². The van der Waals surface area contributed by atoms with Gasteiger partial charge >= 0.3 is 23.9 Å². The van der Waals surface area contributed by atoms with E-state index in [1.54, 1.807) is 30.6 Å². The highest BCUT2D eigenvalue weighted by Gasteiger charge is 2.23. The van der Waals surface area contributed by atoms with Crippen LogP contribution in [0.1, 0.15) is 48.0 Å². The van der Waals surface area contributed by atoms with Gasteiger partial charge in [-0.25, -0.2) is 0 Å². The van der Waals surface area contributed by atoms with E-state index in [1.807, 2.05) is 25.7 Å². The summed E-state index contributed by atoms with van der Waals surface area (Å²) in [6.45, 7) is 14.6. The van der Waals surface area contributed by atoms with E-state index >= 15 is 0 Å². The van der Waals surface area contributed by atoms with Gasteiger partial charge in [0, 0.05) is 58.9 Å². The molecule has 0 aliphatic carbocycles. The first kappa shape index (κ1) is 32.7. The second-order valence-electron chi connectivity index (χ2n) is 11.4. The number of rotatable bonds is 9. The molecule has 12 nitrogen and oxygen atoms in total. The Bertz CT molecular complexity index is 763. The summed E-state index contributed by atoms with van der Waals surface area (Å²) in [5.41, 5.74) is -1.20. The van der Waals surface area contributed by atoms with Crippen LogP contribution in [-0.4, -0.2) is 143 Å². The Kier molecular flexibility index (Phi) is 13.5. The Hall–Kier alpha value is -2.28. The lowest BCUT2D eigenvalue weighted by Crippen LogP contribution is -2.49. The molecule has 214 valence electrons. The molecule has 2 N–H and O–H groups in total. The normalized spacial score (nSPS) is 18.4. The van der Waals surface area contributed by atoms with Gasteiger partial charge in [-0.2, -0.15) is 0 Å². The number of aliphatic carboxylic acids is 2. The molecule has 0 amide bonds. The van der Waals surface area contributed by atoms with Crippen molar-refractivity contribution in [1.82, 2.24) is 19.6 Å². The maximum atomic E-state index is 12.5. The first-order chi connectivity index (χ1) is 17.0. The average Bonchev–Trinajstić information content (AvgIpc) is 2.69. The van der Waals surface area contributed by atoms with Gasteiger partial charge in [0.15, 0.2) is 0 Å². The van der Waals surface area contributed by atoms with Crippen molar-refractivity contribution in [2.75, 3.05) is 78.5 Å². The van der Waals surface area contributed by atoms with Crippen LogP contribution >= 0.6 is 0 Å². The molecule has 1 aliphatic rings. The first-order valence-electron chi connectivity index (χ1n) is 12.8. The Labute approximate surface area is 220 Å². The van der Waals surface area contributed by atoms with Crippen LogP contribution in [0.4, 0.5) is 0 Å². The molecule has 12 heteroatoms. The van der Waals surface area contributed by atoms with Gasteiger partial charge in [-0.05, 0) is 41.5 Å². The van der Waals surface area contributed by atoms with Gasteiger partial charge in [-0.15, -0.1) is 0 Å². The van der Waals surface area contributed by atoms with Crippen molar-refractivity contribution in [1.29, 1.82) is 0 Å². The lowest BCUT2D eigenvalue weighted by atomic mass is 10.2. The second kappa shape index (κ2) is 15.2. The third kappa shape index (κ3) is 17.0. The summed E-state index contributed by atoms with van der Waals surface area (Å²) in [5, 5.41) is 18.7. The third-order valence-corrected chi connectivity index (χ3v) is 5.47. The fraction of sp³-hybridized carbons (Fsp3) is 0.840. The monoisotopic (exact) mass is 530 g/mol. The van der Waals surface area contributed by atoms with Gasteiger partial charge in [0.25, 0.3) is 0 Å². The standard InChI is InChI=1S/C25H46N4O8/c1-24(2,3)36-22(34)7-8-26-9-11-27(17-20(30)31)13-14-28(18-21(32)33)15-16-29(12-10-26)19-23(35)37-25(4,5)6/h7-19H2,1-6H3,(H,30,31)(H,32,33). The van der Waals surface area contributed by atoms with Gasteiger partial charge in [-0.3, -0.25) is 33.9 Å². The first-order valence-corrected chi connectivity index (χ1v) is 12.8. The number of carboxylic acid groups (broad SMARTS) is 2. The number of ether oxygens (including phenoxy) is 2. The fourth-order valence-corrected chi connectivity index (χ4v) is 3.86. The van der Waals surface area contributed by atoms with E-state index in [9.17, 15) is 29.4 Å². The predicted molar refractivity (Wildman–Crippen MR) is 137 cm³/mol. The molecule has 0 radical (unpaired) electrons. The molecule has 0 spiro atoms. The Balaban J connectivity index is 3.00. The summed E-state index contributed by atoms with van der Waals surface area (Å²) in [6.07, 6.45) is 0.189. The third-order valence-electron chi connectivity index (χ3n) is 5.47. The van der Waals surface area contributed by atoms with E-state index in [-0.39, 0.29) is 38.0 Å². The highest BCUT2D eigenvalue weighted by Crippen LogP contribution is 2.10. The summed E-state index contributed by atoms with van der Waals surface area (Å²) >= 11 is 0. The molecule has 0 aromatic carbocycles. The highest BCUT2D eigenvalue weighted by molar-refractivity contribution is 5.72. The molecule has 1 aliphatic heterocycles. The Morgan fingerprint density at radius 2 is 0.892 bits per heavy atom. The quantitative estimate of drug-likeness (QED) is 0.400. The molecular weight excluding hydrogens is 484 g/mol. The fourth-order valence-electron chi connectivity index (χ4n) is 3.86. The van der Waals surface area contributed by atoms with Crippen molar-refractivity contribution >= 4 is 23.9 Å². The van der Waals surface area contributed by atoms with Crippen LogP contribution in [-0.2, 0) is 28.7 Å². The zero-order valence-electron chi connectivity index (χ0n) is 23.3. The van der Waals surface area contributed by atoms with Gasteiger partial charge in [0.1, 0.15) is 11.2 Å². The van der Waals surface area contributed by atoms with Crippen LogP contribution in [0.5, 0.6) is 0 Å². The minimum Gasteiger partial charge on any atom is -0.480 e. The Morgan fingerprint density at radius 3 is 1.24 bits per heavy atom. The molecule has 1 heterocycles. The van der Waals surface area contributed by atoms with Crippen LogP contribution in [0.3, 0.4) is 0 Å². The number of carboxylic acids is 2. The number of hydrogen-bond acceptors (Lipinski definition) is 10. The number of esters is 2. The van der Waals surface area contributed by atoms with E-state index in [2.05, 4.69) is 4.90 Å². The van der Waals surface area contributed by atoms with Crippen LogP contribution in [0.15, 0.2) is 0 Å². The van der Waals surface area contributed by atoms with E-state index in [0.29, 0.717) is 58.9 Å². The molecule has 0 bridgehead atoms. The zero-order chi connectivity index (χ0) is 28.2. The maximum Gasteiger partial charge on any atom is 0.320 e. The molecule has 0 aromatic rings. The largest absolute Gasteiger partial charge is 0.480 e. The molecular formula is C25H46N4O8. The van der Waals surface area contributed by atoms with Crippen molar-refractivity contribution in [2.24, 2.45) is 0 Å². The van der Waals surface area contributed by atoms with E-state index in [0.717, 1.165) is 0 Å². The van der Waals surface area contributed by atoms with Gasteiger partial charge in [0.05, 0.1) is 26.1 Å². The summed E-state index contributed by atoms with van der Waals surface area (Å²) in [5.74, 6) is -2.60. The van der Waals surface area contributed by atoms with Crippen molar-refractivity contribution in [3.63, 3.8) is 0 Å². The van der Waals surface area contributed by atoms with Gasteiger partial charge < -0.3 is 24.6 Å². The summed E-state index contributed by atoms with van der Waals surface area (Å²) < 4.78 is 10.9. The molecule has 0 aromatic heterocycles. The summed E-state index contributed by atoms with van der Waals surface area (Å²) in [7, 11) is 0. The molecule has 1 fully saturated rings. The minimum atomic E-state index is -0.969. The van der Waals surface area contributed by atoms with Crippen LogP contribution in [0.25, 0.3) is 0 Å². The topological polar surface area (TPSA) is 140 Å². The predicted octanol–water partition coefficient (Wildman–Crippen LogP) is 0.451. The lowest BCUT2D eigenvalue weighted by molar-refractivity contribution is -0.156. The van der Waals surface area contributed by atoms with Crippen molar-refractivity contribution in [2.45, 2.75) is 59.2 Å². The number of carbonyl (C=O) groups is 4.